The Labute approximate surface area is 259 Å². The van der Waals surface area contributed by atoms with Crippen LogP contribution in [-0.4, -0.2) is 76.6 Å². The molecule has 0 aromatic heterocycles. The first-order valence-electron chi connectivity index (χ1n) is 14.3. The highest BCUT2D eigenvalue weighted by Gasteiger charge is 2.39. The minimum absolute atomic E-state index is 0.127. The first-order chi connectivity index (χ1) is 20.0. The van der Waals surface area contributed by atoms with Crippen LogP contribution >= 0.6 is 23.2 Å². The number of urea groups is 1. The van der Waals surface area contributed by atoms with Gasteiger partial charge >= 0.3 is 12.0 Å². The molecule has 2 aromatic carbocycles. The average Bonchev–Trinajstić information content (AvgIpc) is 2.95. The fourth-order valence-corrected chi connectivity index (χ4v) is 5.91. The molecule has 0 saturated carbocycles. The number of hydrogen-bond donors (Lipinski definition) is 2. The van der Waals surface area contributed by atoms with Crippen LogP contribution in [0.15, 0.2) is 30.3 Å². The molecule has 1 saturated heterocycles. The van der Waals surface area contributed by atoms with Crippen molar-refractivity contribution in [3.63, 3.8) is 0 Å². The van der Waals surface area contributed by atoms with Crippen LogP contribution in [0.4, 0.5) is 10.5 Å². The topological polar surface area (TPSA) is 95.1 Å². The largest absolute Gasteiger partial charge is 0.493 e. The number of halogens is 2. The second-order valence-corrected chi connectivity index (χ2v) is 12.0. The van der Waals surface area contributed by atoms with Crippen molar-refractivity contribution in [2.75, 3.05) is 59.4 Å². The predicted molar refractivity (Wildman–Crippen MR) is 166 cm³/mol. The molecular formula is C31H44Cl2N3O6+. The standard InChI is InChI=1S/C31H43Cl2N3O6/c1-7-42-29(37)19-36(12-10-21(11-13-36)14-22-8-9-24(32)25(33)15-22)18-26(20(2)3)35-31(38)34-23-16-27(39-4)30(41-6)28(17-23)40-5/h8-9,15-17,20-21,26H,7,10-14,18-19H2,1-6H3,(H-,34,35,38)/p+1. The van der Waals surface area contributed by atoms with E-state index in [0.717, 1.165) is 37.9 Å². The van der Waals surface area contributed by atoms with Crippen molar-refractivity contribution < 1.29 is 33.0 Å². The Kier molecular flexibility index (Phi) is 12.4. The van der Waals surface area contributed by atoms with E-state index in [2.05, 4.69) is 24.5 Å². The van der Waals surface area contributed by atoms with Crippen LogP contribution in [0.3, 0.4) is 0 Å². The number of quaternary nitrogens is 1. The Morgan fingerprint density at radius 1 is 0.976 bits per heavy atom. The summed E-state index contributed by atoms with van der Waals surface area (Å²) in [6.07, 6.45) is 2.80. The Hall–Kier alpha value is -2.88. The van der Waals surface area contributed by atoms with E-state index in [1.807, 2.05) is 25.1 Å². The molecule has 11 heteroatoms. The van der Waals surface area contributed by atoms with Gasteiger partial charge in [-0.15, -0.1) is 0 Å². The number of rotatable bonds is 13. The maximum atomic E-state index is 13.2. The Bertz CT molecular complexity index is 1190. The van der Waals surface area contributed by atoms with Gasteiger partial charge in [-0.2, -0.15) is 0 Å². The normalized spacial score (nSPS) is 19.1. The molecule has 0 bridgehead atoms. The molecule has 1 unspecified atom stereocenters. The van der Waals surface area contributed by atoms with E-state index in [1.165, 1.54) is 21.3 Å². The highest BCUT2D eigenvalue weighted by atomic mass is 35.5. The molecule has 1 heterocycles. The molecule has 232 valence electrons. The number of carbonyl (C=O) groups excluding carboxylic acids is 2. The summed E-state index contributed by atoms with van der Waals surface area (Å²) in [6, 6.07) is 8.61. The summed E-state index contributed by atoms with van der Waals surface area (Å²) in [5.74, 6) is 1.69. The number of esters is 1. The lowest BCUT2D eigenvalue weighted by molar-refractivity contribution is -0.928. The number of benzene rings is 2. The Morgan fingerprint density at radius 2 is 1.62 bits per heavy atom. The summed E-state index contributed by atoms with van der Waals surface area (Å²) in [7, 11) is 4.57. The molecule has 9 nitrogen and oxygen atoms in total. The SMILES string of the molecule is CCOC(=O)C[N+]1(CC(NC(=O)Nc2cc(OC)c(OC)c(OC)c2)C(C)C)CCC(Cc2ccc(Cl)c(Cl)c2)CC1. The number of nitrogens with one attached hydrogen (secondary N) is 2. The van der Waals surface area contributed by atoms with Crippen LogP contribution in [0.5, 0.6) is 17.2 Å². The lowest BCUT2D eigenvalue weighted by Crippen LogP contribution is -2.62. The quantitative estimate of drug-likeness (QED) is 0.204. The average molecular weight is 626 g/mol. The molecule has 2 N–H and O–H groups in total. The fourth-order valence-electron chi connectivity index (χ4n) is 5.59. The van der Waals surface area contributed by atoms with Crippen molar-refractivity contribution in [1.29, 1.82) is 0 Å². The van der Waals surface area contributed by atoms with Gasteiger partial charge < -0.3 is 34.1 Å². The summed E-state index contributed by atoms with van der Waals surface area (Å²) < 4.78 is 22.1. The second kappa shape index (κ2) is 15.5. The Morgan fingerprint density at radius 3 is 2.14 bits per heavy atom. The van der Waals surface area contributed by atoms with E-state index in [-0.39, 0.29) is 30.5 Å². The van der Waals surface area contributed by atoms with Crippen LogP contribution in [0.2, 0.25) is 10.0 Å². The van der Waals surface area contributed by atoms with Gasteiger partial charge in [-0.25, -0.2) is 9.59 Å². The molecule has 0 aliphatic carbocycles. The van der Waals surface area contributed by atoms with E-state index in [4.69, 9.17) is 42.1 Å². The maximum absolute atomic E-state index is 13.2. The zero-order chi connectivity index (χ0) is 30.9. The van der Waals surface area contributed by atoms with Crippen molar-refractivity contribution >= 4 is 40.9 Å². The van der Waals surface area contributed by atoms with Crippen molar-refractivity contribution in [3.8, 4) is 17.2 Å². The number of carbonyl (C=O) groups is 2. The molecule has 2 amide bonds. The lowest BCUT2D eigenvalue weighted by atomic mass is 9.88. The smallest absolute Gasteiger partial charge is 0.361 e. The molecule has 1 aliphatic heterocycles. The van der Waals surface area contributed by atoms with Gasteiger partial charge in [0, 0.05) is 12.1 Å². The number of nitrogens with zero attached hydrogens (tertiary/aromatic N) is 1. The molecule has 1 aliphatic rings. The third-order valence-electron chi connectivity index (χ3n) is 7.93. The van der Waals surface area contributed by atoms with Crippen LogP contribution in [0.1, 0.15) is 39.2 Å². The summed E-state index contributed by atoms with van der Waals surface area (Å²) in [5.41, 5.74) is 1.66. The minimum atomic E-state index is -0.355. The van der Waals surface area contributed by atoms with E-state index < -0.39 is 0 Å². The van der Waals surface area contributed by atoms with E-state index in [9.17, 15) is 9.59 Å². The number of hydrogen-bond acceptors (Lipinski definition) is 6. The highest BCUT2D eigenvalue weighted by Crippen LogP contribution is 2.40. The van der Waals surface area contributed by atoms with Gasteiger partial charge in [-0.05, 0) is 55.7 Å². The third-order valence-corrected chi connectivity index (χ3v) is 8.67. The predicted octanol–water partition coefficient (Wildman–Crippen LogP) is 6.20. The van der Waals surface area contributed by atoms with Crippen LogP contribution in [-0.2, 0) is 16.0 Å². The second-order valence-electron chi connectivity index (χ2n) is 11.2. The van der Waals surface area contributed by atoms with Gasteiger partial charge in [0.1, 0.15) is 0 Å². The lowest BCUT2D eigenvalue weighted by Gasteiger charge is -2.45. The highest BCUT2D eigenvalue weighted by molar-refractivity contribution is 6.42. The Balaban J connectivity index is 1.73. The summed E-state index contributed by atoms with van der Waals surface area (Å²) >= 11 is 12.3. The van der Waals surface area contributed by atoms with Crippen molar-refractivity contribution in [2.24, 2.45) is 11.8 Å². The van der Waals surface area contributed by atoms with Gasteiger partial charge in [0.05, 0.1) is 69.3 Å². The van der Waals surface area contributed by atoms with Gasteiger partial charge in [-0.1, -0.05) is 43.1 Å². The number of anilines is 1. The van der Waals surface area contributed by atoms with E-state index in [1.54, 1.807) is 12.1 Å². The molecule has 1 atom stereocenters. The van der Waals surface area contributed by atoms with Crippen molar-refractivity contribution in [2.45, 2.75) is 46.1 Å². The molecule has 42 heavy (non-hydrogen) atoms. The van der Waals surface area contributed by atoms with Crippen LogP contribution in [0.25, 0.3) is 0 Å². The number of ether oxygens (including phenoxy) is 4. The van der Waals surface area contributed by atoms with Crippen molar-refractivity contribution in [3.05, 3.63) is 45.9 Å². The maximum Gasteiger partial charge on any atom is 0.361 e. The van der Waals surface area contributed by atoms with Gasteiger partial charge in [-0.3, -0.25) is 0 Å². The van der Waals surface area contributed by atoms with Gasteiger partial charge in [0.2, 0.25) is 5.75 Å². The van der Waals surface area contributed by atoms with Crippen molar-refractivity contribution in [1.82, 2.24) is 5.32 Å². The summed E-state index contributed by atoms with van der Waals surface area (Å²) in [5, 5.41) is 7.16. The van der Waals surface area contributed by atoms with Crippen LogP contribution in [0, 0.1) is 11.8 Å². The zero-order valence-electron chi connectivity index (χ0n) is 25.4. The molecule has 0 radical (unpaired) electrons. The number of likely N-dealkylation sites (tertiary alicyclic amines) is 1. The summed E-state index contributed by atoms with van der Waals surface area (Å²) in [6.45, 7) is 8.80. The van der Waals surface area contributed by atoms with Gasteiger partial charge in [0.25, 0.3) is 0 Å². The number of amides is 2. The zero-order valence-corrected chi connectivity index (χ0v) is 26.9. The molecule has 1 fully saturated rings. The van der Waals surface area contributed by atoms with Crippen LogP contribution < -0.4 is 24.8 Å². The molecular weight excluding hydrogens is 581 g/mol. The molecule has 3 rings (SSSR count). The minimum Gasteiger partial charge on any atom is -0.493 e. The third kappa shape index (κ3) is 9.06. The van der Waals surface area contributed by atoms with E-state index in [0.29, 0.717) is 56.5 Å². The molecule has 0 spiro atoms. The monoisotopic (exact) mass is 624 g/mol. The first kappa shape index (κ1) is 33.6. The first-order valence-corrected chi connectivity index (χ1v) is 15.1. The van der Waals surface area contributed by atoms with Gasteiger partial charge in [0.15, 0.2) is 18.0 Å². The summed E-state index contributed by atoms with van der Waals surface area (Å²) in [4.78, 5) is 26.0. The number of methoxy groups -OCH3 is 3. The fraction of sp³-hybridized carbons (Fsp3) is 0.548. The number of piperidine rings is 1. The van der Waals surface area contributed by atoms with E-state index >= 15 is 0 Å². The molecule has 2 aromatic rings.